The number of amides is 1. The number of nitrogens with one attached hydrogen (secondary N) is 2. The SMILES string of the molecule is Cc1[nH]nc2c1[C@@H](c1ccccc1OCc1ccccc1)CC(=O)N2. The minimum absolute atomic E-state index is 0.0261. The number of hydrogen-bond acceptors (Lipinski definition) is 3. The number of para-hydroxylation sites is 1. The summed E-state index contributed by atoms with van der Waals surface area (Å²) < 4.78 is 6.08. The van der Waals surface area contributed by atoms with Crippen molar-refractivity contribution in [2.45, 2.75) is 25.9 Å². The molecule has 3 aromatic rings. The van der Waals surface area contributed by atoms with Gasteiger partial charge in [0, 0.05) is 29.2 Å². The van der Waals surface area contributed by atoms with Crippen LogP contribution >= 0.6 is 0 Å². The van der Waals surface area contributed by atoms with Crippen molar-refractivity contribution >= 4 is 11.7 Å². The molecule has 126 valence electrons. The number of aryl methyl sites for hydroxylation is 1. The molecule has 0 saturated carbocycles. The number of aromatic nitrogens is 2. The highest BCUT2D eigenvalue weighted by atomic mass is 16.5. The molecule has 0 aliphatic carbocycles. The van der Waals surface area contributed by atoms with Gasteiger partial charge in [-0.25, -0.2) is 0 Å². The van der Waals surface area contributed by atoms with Gasteiger partial charge in [-0.05, 0) is 18.6 Å². The molecule has 1 aliphatic heterocycles. The Labute approximate surface area is 146 Å². The monoisotopic (exact) mass is 333 g/mol. The fourth-order valence-corrected chi connectivity index (χ4v) is 3.33. The second-order valence-corrected chi connectivity index (χ2v) is 6.23. The Bertz CT molecular complexity index is 902. The summed E-state index contributed by atoms with van der Waals surface area (Å²) >= 11 is 0. The van der Waals surface area contributed by atoms with Crippen LogP contribution in [-0.4, -0.2) is 16.1 Å². The first-order valence-electron chi connectivity index (χ1n) is 8.32. The number of carbonyl (C=O) groups excluding carboxylic acids is 1. The molecule has 2 heterocycles. The van der Waals surface area contributed by atoms with Gasteiger partial charge in [-0.15, -0.1) is 0 Å². The smallest absolute Gasteiger partial charge is 0.226 e. The molecular formula is C20H19N3O2. The second-order valence-electron chi connectivity index (χ2n) is 6.23. The lowest BCUT2D eigenvalue weighted by Gasteiger charge is -2.24. The van der Waals surface area contributed by atoms with Crippen LogP contribution in [0.4, 0.5) is 5.82 Å². The second kappa shape index (κ2) is 6.43. The Balaban J connectivity index is 1.67. The van der Waals surface area contributed by atoms with E-state index in [4.69, 9.17) is 4.74 Å². The number of anilines is 1. The molecule has 2 aromatic carbocycles. The predicted octanol–water partition coefficient (Wildman–Crippen LogP) is 3.77. The highest BCUT2D eigenvalue weighted by Crippen LogP contribution is 2.41. The lowest BCUT2D eigenvalue weighted by molar-refractivity contribution is -0.116. The van der Waals surface area contributed by atoms with E-state index in [2.05, 4.69) is 15.5 Å². The molecule has 1 amide bonds. The van der Waals surface area contributed by atoms with Crippen molar-refractivity contribution in [3.63, 3.8) is 0 Å². The zero-order valence-electron chi connectivity index (χ0n) is 14.0. The predicted molar refractivity (Wildman–Crippen MR) is 95.6 cm³/mol. The third-order valence-electron chi connectivity index (χ3n) is 4.52. The third-order valence-corrected chi connectivity index (χ3v) is 4.52. The van der Waals surface area contributed by atoms with Crippen LogP contribution in [-0.2, 0) is 11.4 Å². The zero-order valence-corrected chi connectivity index (χ0v) is 14.0. The Morgan fingerprint density at radius 1 is 1.12 bits per heavy atom. The maximum atomic E-state index is 12.1. The van der Waals surface area contributed by atoms with Crippen molar-refractivity contribution < 1.29 is 9.53 Å². The first-order chi connectivity index (χ1) is 12.2. The highest BCUT2D eigenvalue weighted by Gasteiger charge is 2.32. The summed E-state index contributed by atoms with van der Waals surface area (Å²) in [6, 6.07) is 18.0. The molecular weight excluding hydrogens is 314 g/mol. The lowest BCUT2D eigenvalue weighted by Crippen LogP contribution is -2.23. The zero-order chi connectivity index (χ0) is 17.2. The van der Waals surface area contributed by atoms with Crippen LogP contribution in [0.3, 0.4) is 0 Å². The maximum Gasteiger partial charge on any atom is 0.226 e. The first kappa shape index (κ1) is 15.4. The van der Waals surface area contributed by atoms with Crippen LogP contribution in [0, 0.1) is 6.92 Å². The van der Waals surface area contributed by atoms with Crippen LogP contribution in [0.25, 0.3) is 0 Å². The first-order valence-corrected chi connectivity index (χ1v) is 8.32. The van der Waals surface area contributed by atoms with Crippen molar-refractivity contribution in [1.82, 2.24) is 10.2 Å². The average molecular weight is 333 g/mol. The highest BCUT2D eigenvalue weighted by molar-refractivity contribution is 5.94. The molecule has 0 unspecified atom stereocenters. The summed E-state index contributed by atoms with van der Waals surface area (Å²) in [6.07, 6.45) is 0.388. The van der Waals surface area contributed by atoms with Crippen LogP contribution in [0.5, 0.6) is 5.75 Å². The van der Waals surface area contributed by atoms with Gasteiger partial charge in [0.25, 0.3) is 0 Å². The third kappa shape index (κ3) is 3.01. The van der Waals surface area contributed by atoms with Gasteiger partial charge in [0.1, 0.15) is 12.4 Å². The number of ether oxygens (including phenoxy) is 1. The van der Waals surface area contributed by atoms with E-state index in [0.29, 0.717) is 18.8 Å². The van der Waals surface area contributed by atoms with Gasteiger partial charge in [0.05, 0.1) is 0 Å². The summed E-state index contributed by atoms with van der Waals surface area (Å²) in [5.41, 5.74) is 4.13. The van der Waals surface area contributed by atoms with Crippen molar-refractivity contribution in [2.24, 2.45) is 0 Å². The Kier molecular flexibility index (Phi) is 3.98. The molecule has 4 rings (SSSR count). The molecule has 2 N–H and O–H groups in total. The van der Waals surface area contributed by atoms with E-state index in [1.807, 2.05) is 61.5 Å². The fourth-order valence-electron chi connectivity index (χ4n) is 3.33. The van der Waals surface area contributed by atoms with E-state index >= 15 is 0 Å². The van der Waals surface area contributed by atoms with Crippen LogP contribution in [0.2, 0.25) is 0 Å². The molecule has 0 spiro atoms. The van der Waals surface area contributed by atoms with Gasteiger partial charge in [-0.1, -0.05) is 48.5 Å². The quantitative estimate of drug-likeness (QED) is 0.764. The van der Waals surface area contributed by atoms with Crippen molar-refractivity contribution in [3.05, 3.63) is 77.0 Å². The van der Waals surface area contributed by atoms with Crippen LogP contribution in [0.15, 0.2) is 54.6 Å². The molecule has 5 nitrogen and oxygen atoms in total. The van der Waals surface area contributed by atoms with E-state index in [1.54, 1.807) is 0 Å². The maximum absolute atomic E-state index is 12.1. The number of carbonyl (C=O) groups is 1. The molecule has 5 heteroatoms. The van der Waals surface area contributed by atoms with E-state index < -0.39 is 0 Å². The molecule has 0 saturated heterocycles. The minimum atomic E-state index is -0.0607. The van der Waals surface area contributed by atoms with Crippen molar-refractivity contribution in [1.29, 1.82) is 0 Å². The van der Waals surface area contributed by atoms with Gasteiger partial charge in [-0.2, -0.15) is 5.10 Å². The van der Waals surface area contributed by atoms with Gasteiger partial charge >= 0.3 is 0 Å². The summed E-state index contributed by atoms with van der Waals surface area (Å²) in [6.45, 7) is 2.47. The average Bonchev–Trinajstić information content (AvgIpc) is 3.01. The van der Waals surface area contributed by atoms with E-state index in [1.165, 1.54) is 0 Å². The topological polar surface area (TPSA) is 67.0 Å². The Morgan fingerprint density at radius 3 is 2.72 bits per heavy atom. The van der Waals surface area contributed by atoms with Crippen LogP contribution < -0.4 is 10.1 Å². The van der Waals surface area contributed by atoms with Gasteiger partial charge in [-0.3, -0.25) is 9.89 Å². The van der Waals surface area contributed by atoms with Crippen molar-refractivity contribution in [3.8, 4) is 5.75 Å². The summed E-state index contributed by atoms with van der Waals surface area (Å²) in [4.78, 5) is 12.1. The Morgan fingerprint density at radius 2 is 1.88 bits per heavy atom. The fraction of sp³-hybridized carbons (Fsp3) is 0.200. The number of nitrogens with zero attached hydrogens (tertiary/aromatic N) is 1. The summed E-state index contributed by atoms with van der Waals surface area (Å²) in [7, 11) is 0. The normalized spacial score (nSPS) is 16.2. The van der Waals surface area contributed by atoms with Crippen molar-refractivity contribution in [2.75, 3.05) is 5.32 Å². The number of benzene rings is 2. The number of hydrogen-bond donors (Lipinski definition) is 2. The number of aromatic amines is 1. The summed E-state index contributed by atoms with van der Waals surface area (Å²) in [5.74, 6) is 1.34. The molecule has 1 aliphatic rings. The van der Waals surface area contributed by atoms with Gasteiger partial charge in [0.15, 0.2) is 5.82 Å². The number of fused-ring (bicyclic) bond motifs is 1. The molecule has 0 fully saturated rings. The van der Waals surface area contributed by atoms with Crippen LogP contribution in [0.1, 0.15) is 34.7 Å². The molecule has 1 aromatic heterocycles. The standard InChI is InChI=1S/C20H19N3O2/c1-13-19-16(11-18(24)21-20(19)23-22-13)15-9-5-6-10-17(15)25-12-14-7-3-2-4-8-14/h2-10,16H,11-12H2,1H3,(H2,21,22,23,24)/t16-/m1/s1. The van der Waals surface area contributed by atoms with E-state index in [9.17, 15) is 4.79 Å². The number of H-pyrrole nitrogens is 1. The van der Waals surface area contributed by atoms with Gasteiger partial charge < -0.3 is 10.1 Å². The van der Waals surface area contributed by atoms with Gasteiger partial charge in [0.2, 0.25) is 5.91 Å². The largest absolute Gasteiger partial charge is 0.489 e. The lowest BCUT2D eigenvalue weighted by atomic mass is 9.85. The molecule has 1 atom stereocenters. The molecule has 25 heavy (non-hydrogen) atoms. The number of rotatable bonds is 4. The minimum Gasteiger partial charge on any atom is -0.489 e. The molecule has 0 bridgehead atoms. The van der Waals surface area contributed by atoms with E-state index in [-0.39, 0.29) is 11.8 Å². The summed E-state index contributed by atoms with van der Waals surface area (Å²) in [5, 5.41) is 10.0. The molecule has 0 radical (unpaired) electrons. The van der Waals surface area contributed by atoms with E-state index in [0.717, 1.165) is 28.1 Å². The Hall–Kier alpha value is -3.08.